The van der Waals surface area contributed by atoms with Crippen LogP contribution < -0.4 is 10.6 Å². The maximum Gasteiger partial charge on any atom is 0.293 e. The Hall–Kier alpha value is -1.51. The molecule has 1 atom stereocenters. The van der Waals surface area contributed by atoms with Crippen molar-refractivity contribution >= 4 is 33.2 Å². The first-order valence-electron chi connectivity index (χ1n) is 6.11. The summed E-state index contributed by atoms with van der Waals surface area (Å²) in [5.74, 6) is -0.279. The van der Waals surface area contributed by atoms with Crippen LogP contribution in [0.15, 0.2) is 22.7 Å². The van der Waals surface area contributed by atoms with E-state index in [0.29, 0.717) is 24.2 Å². The van der Waals surface area contributed by atoms with Gasteiger partial charge in [0, 0.05) is 29.5 Å². The number of carbonyl (C=O) groups excluding carboxylic acids is 1. The molecular weight excluding hydrogens is 330 g/mol. The molecule has 1 heterocycles. The minimum absolute atomic E-state index is 0.0572. The molecule has 0 spiro atoms. The van der Waals surface area contributed by atoms with Crippen LogP contribution in [0.2, 0.25) is 0 Å². The molecule has 2 rings (SSSR count). The summed E-state index contributed by atoms with van der Waals surface area (Å²) in [6.45, 7) is 1.81. The monoisotopic (exact) mass is 343 g/mol. The highest BCUT2D eigenvalue weighted by atomic mass is 79.9. The molecule has 8 heteroatoms. The highest BCUT2D eigenvalue weighted by molar-refractivity contribution is 9.10. The summed E-state index contributed by atoms with van der Waals surface area (Å²) >= 11 is 3.17. The van der Waals surface area contributed by atoms with E-state index in [9.17, 15) is 14.9 Å². The molecule has 0 aliphatic carbocycles. The number of amides is 1. The van der Waals surface area contributed by atoms with Crippen molar-refractivity contribution in [2.75, 3.05) is 25.1 Å². The summed E-state index contributed by atoms with van der Waals surface area (Å²) in [6, 6.07) is 4.45. The number of anilines is 1. The molecule has 1 saturated heterocycles. The lowest BCUT2D eigenvalue weighted by Gasteiger charge is -2.23. The minimum atomic E-state index is -0.525. The number of rotatable bonds is 4. The van der Waals surface area contributed by atoms with Gasteiger partial charge in [0.15, 0.2) is 0 Å². The number of nitro benzene ring substituents is 1. The molecule has 1 fully saturated rings. The maximum atomic E-state index is 11.9. The Morgan fingerprint density at radius 1 is 1.60 bits per heavy atom. The number of hydrogen-bond acceptors (Lipinski definition) is 5. The average molecular weight is 344 g/mol. The summed E-state index contributed by atoms with van der Waals surface area (Å²) in [7, 11) is 0. The quantitative estimate of drug-likeness (QED) is 0.640. The molecule has 20 heavy (non-hydrogen) atoms. The Labute approximate surface area is 124 Å². The molecule has 1 aromatic rings. The van der Waals surface area contributed by atoms with Crippen molar-refractivity contribution in [2.24, 2.45) is 0 Å². The van der Waals surface area contributed by atoms with Crippen LogP contribution in [0.25, 0.3) is 0 Å². The van der Waals surface area contributed by atoms with Crippen LogP contribution in [0, 0.1) is 10.1 Å². The normalized spacial score (nSPS) is 18.6. The standard InChI is InChI=1S/C12H14BrN3O4/c13-8-1-2-10(11(5-8)16(18)19)15-12(17)6-9-7-20-4-3-14-9/h1-2,5,9,14H,3-4,6-7H2,(H,15,17). The van der Waals surface area contributed by atoms with Crippen molar-refractivity contribution in [3.05, 3.63) is 32.8 Å². The van der Waals surface area contributed by atoms with E-state index in [4.69, 9.17) is 4.74 Å². The Balaban J connectivity index is 2.01. The van der Waals surface area contributed by atoms with E-state index in [-0.39, 0.29) is 29.7 Å². The van der Waals surface area contributed by atoms with E-state index >= 15 is 0 Å². The van der Waals surface area contributed by atoms with Gasteiger partial charge < -0.3 is 15.4 Å². The van der Waals surface area contributed by atoms with Crippen LogP contribution in [0.3, 0.4) is 0 Å². The van der Waals surface area contributed by atoms with Crippen LogP contribution in [-0.2, 0) is 9.53 Å². The number of benzene rings is 1. The fourth-order valence-corrected chi connectivity index (χ4v) is 2.29. The van der Waals surface area contributed by atoms with Gasteiger partial charge >= 0.3 is 0 Å². The number of morpholine rings is 1. The van der Waals surface area contributed by atoms with Gasteiger partial charge in [-0.1, -0.05) is 15.9 Å². The molecule has 0 saturated carbocycles. The number of halogens is 1. The zero-order chi connectivity index (χ0) is 14.5. The van der Waals surface area contributed by atoms with Crippen LogP contribution in [0.1, 0.15) is 6.42 Å². The molecule has 1 amide bonds. The molecule has 108 valence electrons. The summed E-state index contributed by atoms with van der Waals surface area (Å²) in [5, 5.41) is 16.7. The summed E-state index contributed by atoms with van der Waals surface area (Å²) in [5.41, 5.74) is 0.0560. The van der Waals surface area contributed by atoms with Gasteiger partial charge in [-0.25, -0.2) is 0 Å². The number of hydrogen-bond donors (Lipinski definition) is 2. The lowest BCUT2D eigenvalue weighted by Crippen LogP contribution is -2.43. The number of carbonyl (C=O) groups is 1. The predicted octanol–water partition coefficient (Wildman–Crippen LogP) is 1.67. The summed E-state index contributed by atoms with van der Waals surface area (Å²) < 4.78 is 5.84. The van der Waals surface area contributed by atoms with Crippen LogP contribution in [0.4, 0.5) is 11.4 Å². The Bertz CT molecular complexity index is 517. The number of ether oxygens (including phenoxy) is 1. The van der Waals surface area contributed by atoms with Gasteiger partial charge in [0.2, 0.25) is 5.91 Å². The zero-order valence-corrected chi connectivity index (χ0v) is 12.2. The van der Waals surface area contributed by atoms with Crippen molar-refractivity contribution in [3.8, 4) is 0 Å². The summed E-state index contributed by atoms with van der Waals surface area (Å²) in [6.07, 6.45) is 0.215. The van der Waals surface area contributed by atoms with Crippen LogP contribution >= 0.6 is 15.9 Å². The van der Waals surface area contributed by atoms with Crippen LogP contribution in [-0.4, -0.2) is 36.6 Å². The molecule has 0 radical (unpaired) electrons. The number of nitrogens with zero attached hydrogens (tertiary/aromatic N) is 1. The van der Waals surface area contributed by atoms with Gasteiger partial charge in [-0.05, 0) is 12.1 Å². The highest BCUT2D eigenvalue weighted by Gasteiger charge is 2.20. The third-order valence-electron chi connectivity index (χ3n) is 2.86. The topological polar surface area (TPSA) is 93.5 Å². The molecule has 1 aliphatic rings. The highest BCUT2D eigenvalue weighted by Crippen LogP contribution is 2.28. The molecular formula is C12H14BrN3O4. The molecule has 0 bridgehead atoms. The molecule has 1 aromatic carbocycles. The molecule has 2 N–H and O–H groups in total. The van der Waals surface area contributed by atoms with E-state index in [2.05, 4.69) is 26.6 Å². The largest absolute Gasteiger partial charge is 0.378 e. The SMILES string of the molecule is O=C(CC1COCCN1)Nc1ccc(Br)cc1[N+](=O)[O-]. The molecule has 0 aromatic heterocycles. The lowest BCUT2D eigenvalue weighted by molar-refractivity contribution is -0.384. The first-order valence-corrected chi connectivity index (χ1v) is 6.90. The van der Waals surface area contributed by atoms with Gasteiger partial charge in [-0.2, -0.15) is 0 Å². The number of nitrogens with one attached hydrogen (secondary N) is 2. The third-order valence-corrected chi connectivity index (χ3v) is 3.35. The summed E-state index contributed by atoms with van der Waals surface area (Å²) in [4.78, 5) is 22.3. The van der Waals surface area contributed by atoms with Crippen molar-refractivity contribution < 1.29 is 14.5 Å². The average Bonchev–Trinajstić information content (AvgIpc) is 2.41. The second kappa shape index (κ2) is 6.78. The van der Waals surface area contributed by atoms with Crippen molar-refractivity contribution in [2.45, 2.75) is 12.5 Å². The van der Waals surface area contributed by atoms with E-state index in [1.807, 2.05) is 0 Å². The Morgan fingerprint density at radius 3 is 3.05 bits per heavy atom. The van der Waals surface area contributed by atoms with Gasteiger partial charge in [0.25, 0.3) is 5.69 Å². The van der Waals surface area contributed by atoms with Crippen LogP contribution in [0.5, 0.6) is 0 Å². The second-order valence-corrected chi connectivity index (χ2v) is 5.31. The molecule has 7 nitrogen and oxygen atoms in total. The van der Waals surface area contributed by atoms with Crippen molar-refractivity contribution in [3.63, 3.8) is 0 Å². The van der Waals surface area contributed by atoms with Crippen molar-refractivity contribution in [1.82, 2.24) is 5.32 Å². The molecule has 1 unspecified atom stereocenters. The first kappa shape index (κ1) is 14.9. The predicted molar refractivity (Wildman–Crippen MR) is 76.7 cm³/mol. The maximum absolute atomic E-state index is 11.9. The number of nitro groups is 1. The van der Waals surface area contributed by atoms with Gasteiger partial charge in [0.1, 0.15) is 5.69 Å². The smallest absolute Gasteiger partial charge is 0.293 e. The van der Waals surface area contributed by atoms with Gasteiger partial charge in [-0.15, -0.1) is 0 Å². The Morgan fingerprint density at radius 2 is 2.40 bits per heavy atom. The van der Waals surface area contributed by atoms with Crippen molar-refractivity contribution in [1.29, 1.82) is 0 Å². The third kappa shape index (κ3) is 3.99. The second-order valence-electron chi connectivity index (χ2n) is 4.40. The fraction of sp³-hybridized carbons (Fsp3) is 0.417. The fourth-order valence-electron chi connectivity index (χ4n) is 1.94. The first-order chi connectivity index (χ1) is 9.56. The van der Waals surface area contributed by atoms with E-state index in [1.54, 1.807) is 6.07 Å². The van der Waals surface area contributed by atoms with Gasteiger partial charge in [-0.3, -0.25) is 14.9 Å². The Kier molecular flexibility index (Phi) is 5.05. The van der Waals surface area contributed by atoms with E-state index in [1.165, 1.54) is 12.1 Å². The molecule has 1 aliphatic heterocycles. The lowest BCUT2D eigenvalue weighted by atomic mass is 10.2. The minimum Gasteiger partial charge on any atom is -0.378 e. The van der Waals surface area contributed by atoms with Gasteiger partial charge in [0.05, 0.1) is 18.1 Å². The van der Waals surface area contributed by atoms with E-state index < -0.39 is 4.92 Å². The van der Waals surface area contributed by atoms with E-state index in [0.717, 1.165) is 0 Å². The zero-order valence-electron chi connectivity index (χ0n) is 10.6.